The van der Waals surface area contributed by atoms with Crippen molar-refractivity contribution < 1.29 is 22.6 Å². The van der Waals surface area contributed by atoms with Crippen molar-refractivity contribution in [1.29, 1.82) is 0 Å². The van der Waals surface area contributed by atoms with Crippen molar-refractivity contribution in [3.63, 3.8) is 0 Å². The number of H-pyrrole nitrogens is 1. The summed E-state index contributed by atoms with van der Waals surface area (Å²) in [6.07, 6.45) is 0. The highest BCUT2D eigenvalue weighted by atomic mass is 19.2. The van der Waals surface area contributed by atoms with Crippen LogP contribution in [-0.4, -0.2) is 23.8 Å². The third-order valence-electron chi connectivity index (χ3n) is 3.93. The Hall–Kier alpha value is -3.23. The second-order valence-electron chi connectivity index (χ2n) is 5.40. The summed E-state index contributed by atoms with van der Waals surface area (Å²) in [6.45, 7) is -0.249. The molecule has 1 N–H and O–H groups in total. The van der Waals surface area contributed by atoms with E-state index in [1.807, 2.05) is 4.98 Å². The average Bonchev–Trinajstić information content (AvgIpc) is 2.61. The van der Waals surface area contributed by atoms with Crippen LogP contribution in [0.15, 0.2) is 33.9 Å². The zero-order valence-corrected chi connectivity index (χ0v) is 13.7. The molecule has 6 nitrogen and oxygen atoms in total. The van der Waals surface area contributed by atoms with Gasteiger partial charge in [-0.15, -0.1) is 0 Å². The Morgan fingerprint density at radius 2 is 1.77 bits per heavy atom. The van der Waals surface area contributed by atoms with Crippen molar-refractivity contribution in [1.82, 2.24) is 9.55 Å². The van der Waals surface area contributed by atoms with Gasteiger partial charge in [0.1, 0.15) is 16.9 Å². The number of ether oxygens (including phenoxy) is 2. The Balaban J connectivity index is 2.29. The lowest BCUT2D eigenvalue weighted by Gasteiger charge is -2.14. The molecule has 1 aromatic heterocycles. The maximum absolute atomic E-state index is 14.3. The SMILES string of the molecule is COc1ccc(Cn2c(=O)[nH]c(=O)c3c(F)c(F)cc(F)c32)c(OC)c1. The van der Waals surface area contributed by atoms with Gasteiger partial charge in [0.05, 0.1) is 26.3 Å². The highest BCUT2D eigenvalue weighted by Crippen LogP contribution is 2.26. The quantitative estimate of drug-likeness (QED) is 0.719. The van der Waals surface area contributed by atoms with Crippen LogP contribution in [0.2, 0.25) is 0 Å². The minimum absolute atomic E-state index is 0.249. The molecule has 0 spiro atoms. The number of methoxy groups -OCH3 is 2. The van der Waals surface area contributed by atoms with E-state index in [1.165, 1.54) is 14.2 Å². The number of nitrogens with one attached hydrogen (secondary N) is 1. The van der Waals surface area contributed by atoms with Gasteiger partial charge in [0.2, 0.25) is 0 Å². The summed E-state index contributed by atoms with van der Waals surface area (Å²) >= 11 is 0. The van der Waals surface area contributed by atoms with Gasteiger partial charge in [-0.2, -0.15) is 0 Å². The van der Waals surface area contributed by atoms with Crippen LogP contribution in [0, 0.1) is 17.5 Å². The summed E-state index contributed by atoms with van der Waals surface area (Å²) in [6, 6.07) is 5.00. The molecule has 0 amide bonds. The van der Waals surface area contributed by atoms with Gasteiger partial charge < -0.3 is 9.47 Å². The predicted octanol–water partition coefficient (Wildman–Crippen LogP) is 2.17. The van der Waals surface area contributed by atoms with Crippen LogP contribution in [0.5, 0.6) is 11.5 Å². The Kier molecular flexibility index (Phi) is 4.45. The molecule has 0 saturated heterocycles. The van der Waals surface area contributed by atoms with Crippen molar-refractivity contribution in [2.45, 2.75) is 6.54 Å². The third kappa shape index (κ3) is 2.81. The number of aromatic amines is 1. The van der Waals surface area contributed by atoms with Crippen molar-refractivity contribution >= 4 is 10.9 Å². The Bertz CT molecular complexity index is 1120. The van der Waals surface area contributed by atoms with Crippen molar-refractivity contribution in [3.05, 3.63) is 68.1 Å². The molecule has 3 aromatic rings. The summed E-state index contributed by atoms with van der Waals surface area (Å²) in [4.78, 5) is 25.9. The number of fused-ring (bicyclic) bond motifs is 1. The molecule has 2 aromatic carbocycles. The number of rotatable bonds is 4. The van der Waals surface area contributed by atoms with E-state index in [2.05, 4.69) is 0 Å². The van der Waals surface area contributed by atoms with Crippen LogP contribution in [0.3, 0.4) is 0 Å². The topological polar surface area (TPSA) is 73.3 Å². The van der Waals surface area contributed by atoms with Crippen LogP contribution < -0.4 is 20.7 Å². The summed E-state index contributed by atoms with van der Waals surface area (Å²) < 4.78 is 52.8. The summed E-state index contributed by atoms with van der Waals surface area (Å²) in [5, 5.41) is -0.866. The van der Waals surface area contributed by atoms with Gasteiger partial charge in [0.15, 0.2) is 17.5 Å². The summed E-state index contributed by atoms with van der Waals surface area (Å²) in [5.41, 5.74) is -2.37. The van der Waals surface area contributed by atoms with Gasteiger partial charge in [-0.05, 0) is 12.1 Å². The van der Waals surface area contributed by atoms with Crippen LogP contribution in [-0.2, 0) is 6.54 Å². The average molecular weight is 366 g/mol. The van der Waals surface area contributed by atoms with E-state index in [9.17, 15) is 22.8 Å². The minimum Gasteiger partial charge on any atom is -0.497 e. The normalized spacial score (nSPS) is 11.0. The Morgan fingerprint density at radius 3 is 2.42 bits per heavy atom. The zero-order chi connectivity index (χ0) is 19.0. The standard InChI is InChI=1S/C17H13F3N2O4/c1-25-9-4-3-8(12(5-9)26-2)7-22-15-11(19)6-10(18)14(20)13(15)16(23)21-17(22)24/h3-6H,7H2,1-2H3,(H,21,23,24). The van der Waals surface area contributed by atoms with Crippen molar-refractivity contribution in [2.24, 2.45) is 0 Å². The van der Waals surface area contributed by atoms with Gasteiger partial charge >= 0.3 is 5.69 Å². The van der Waals surface area contributed by atoms with E-state index >= 15 is 0 Å². The molecular formula is C17H13F3N2O4. The number of halogens is 3. The molecule has 0 fully saturated rings. The maximum Gasteiger partial charge on any atom is 0.329 e. The van der Waals surface area contributed by atoms with Crippen molar-refractivity contribution in [3.8, 4) is 11.5 Å². The van der Waals surface area contributed by atoms with Crippen molar-refractivity contribution in [2.75, 3.05) is 14.2 Å². The molecule has 9 heteroatoms. The molecule has 0 aliphatic heterocycles. The van der Waals surface area contributed by atoms with Crippen LogP contribution in [0.25, 0.3) is 10.9 Å². The lowest BCUT2D eigenvalue weighted by molar-refractivity contribution is 0.390. The second-order valence-corrected chi connectivity index (χ2v) is 5.40. The van der Waals surface area contributed by atoms with E-state index < -0.39 is 39.6 Å². The first-order chi connectivity index (χ1) is 12.4. The lowest BCUT2D eigenvalue weighted by Crippen LogP contribution is -2.32. The van der Waals surface area contributed by atoms with E-state index in [4.69, 9.17) is 9.47 Å². The Labute approximate surface area is 144 Å². The van der Waals surface area contributed by atoms with E-state index in [0.29, 0.717) is 17.1 Å². The monoisotopic (exact) mass is 366 g/mol. The zero-order valence-electron chi connectivity index (χ0n) is 13.7. The maximum atomic E-state index is 14.3. The molecule has 0 radical (unpaired) electrons. The lowest BCUT2D eigenvalue weighted by atomic mass is 10.1. The van der Waals surface area contributed by atoms with E-state index in [1.54, 1.807) is 18.2 Å². The fraction of sp³-hybridized carbons (Fsp3) is 0.176. The molecule has 3 rings (SSSR count). The smallest absolute Gasteiger partial charge is 0.329 e. The third-order valence-corrected chi connectivity index (χ3v) is 3.93. The molecule has 0 aliphatic rings. The minimum atomic E-state index is -1.53. The number of hydrogen-bond donors (Lipinski definition) is 1. The summed E-state index contributed by atoms with van der Waals surface area (Å²) in [7, 11) is 2.85. The van der Waals surface area contributed by atoms with Crippen LogP contribution >= 0.6 is 0 Å². The number of aromatic nitrogens is 2. The first kappa shape index (κ1) is 17.6. The fourth-order valence-electron chi connectivity index (χ4n) is 2.69. The van der Waals surface area contributed by atoms with Gasteiger partial charge in [-0.1, -0.05) is 0 Å². The van der Waals surface area contributed by atoms with Crippen LogP contribution in [0.1, 0.15) is 5.56 Å². The molecule has 136 valence electrons. The van der Waals surface area contributed by atoms with E-state index in [-0.39, 0.29) is 12.6 Å². The summed E-state index contributed by atoms with van der Waals surface area (Å²) in [5.74, 6) is -3.46. The first-order valence-corrected chi connectivity index (χ1v) is 7.38. The predicted molar refractivity (Wildman–Crippen MR) is 87.4 cm³/mol. The second kappa shape index (κ2) is 6.58. The molecule has 0 unspecified atom stereocenters. The van der Waals surface area contributed by atoms with E-state index in [0.717, 1.165) is 4.57 Å². The molecular weight excluding hydrogens is 353 g/mol. The van der Waals surface area contributed by atoms with Gasteiger partial charge in [0, 0.05) is 17.7 Å². The molecule has 0 aliphatic carbocycles. The van der Waals surface area contributed by atoms with Gasteiger partial charge in [0.25, 0.3) is 5.56 Å². The molecule has 0 atom stereocenters. The van der Waals surface area contributed by atoms with Gasteiger partial charge in [-0.3, -0.25) is 14.3 Å². The largest absolute Gasteiger partial charge is 0.497 e. The van der Waals surface area contributed by atoms with Gasteiger partial charge in [-0.25, -0.2) is 18.0 Å². The molecule has 0 bridgehead atoms. The number of nitrogens with zero attached hydrogens (tertiary/aromatic N) is 1. The first-order valence-electron chi connectivity index (χ1n) is 7.38. The molecule has 0 saturated carbocycles. The number of benzene rings is 2. The molecule has 1 heterocycles. The molecule has 26 heavy (non-hydrogen) atoms. The highest BCUT2D eigenvalue weighted by molar-refractivity contribution is 5.79. The Morgan fingerprint density at radius 1 is 1.04 bits per heavy atom. The fourth-order valence-corrected chi connectivity index (χ4v) is 2.69. The van der Waals surface area contributed by atoms with Crippen LogP contribution in [0.4, 0.5) is 13.2 Å². The number of hydrogen-bond acceptors (Lipinski definition) is 4. The highest BCUT2D eigenvalue weighted by Gasteiger charge is 2.20.